The van der Waals surface area contributed by atoms with Crippen LogP contribution in [0.1, 0.15) is 11.1 Å². The topological polar surface area (TPSA) is 69.8 Å². The number of carbonyl (C=O) groups is 1. The molecular formula is C22H19ClN4O. The normalized spacial score (nSPS) is 10.8. The highest BCUT2D eigenvalue weighted by Crippen LogP contribution is 2.23. The van der Waals surface area contributed by atoms with E-state index in [1.54, 1.807) is 6.20 Å². The summed E-state index contributed by atoms with van der Waals surface area (Å²) in [7, 11) is 0. The molecular weight excluding hydrogens is 372 g/mol. The molecule has 0 aliphatic heterocycles. The SMILES string of the molecule is Cc1cc(Cl)ccc1Nc1ccc(NC(=O)Cc2c[nH]c3ccccc23)cn1. The molecule has 0 fully saturated rings. The smallest absolute Gasteiger partial charge is 0.228 e. The van der Waals surface area contributed by atoms with Crippen LogP contribution in [0.5, 0.6) is 0 Å². The molecule has 2 aromatic heterocycles. The van der Waals surface area contributed by atoms with Gasteiger partial charge in [-0.2, -0.15) is 0 Å². The number of fused-ring (bicyclic) bond motifs is 1. The summed E-state index contributed by atoms with van der Waals surface area (Å²) in [5, 5.41) is 7.91. The number of carbonyl (C=O) groups excluding carboxylic acids is 1. The van der Waals surface area contributed by atoms with Crippen LogP contribution < -0.4 is 10.6 Å². The van der Waals surface area contributed by atoms with Crippen LogP contribution in [-0.4, -0.2) is 15.9 Å². The number of para-hydroxylation sites is 1. The monoisotopic (exact) mass is 390 g/mol. The van der Waals surface area contributed by atoms with E-state index in [-0.39, 0.29) is 5.91 Å². The van der Waals surface area contributed by atoms with E-state index in [9.17, 15) is 4.79 Å². The fourth-order valence-electron chi connectivity index (χ4n) is 3.10. The van der Waals surface area contributed by atoms with Crippen LogP contribution in [0.4, 0.5) is 17.2 Å². The molecule has 4 aromatic rings. The first kappa shape index (κ1) is 18.1. The summed E-state index contributed by atoms with van der Waals surface area (Å²) < 4.78 is 0. The Bertz CT molecular complexity index is 1130. The highest BCUT2D eigenvalue weighted by molar-refractivity contribution is 6.30. The molecule has 3 N–H and O–H groups in total. The molecule has 2 aromatic carbocycles. The summed E-state index contributed by atoms with van der Waals surface area (Å²) in [5.41, 5.74) is 4.62. The van der Waals surface area contributed by atoms with Crippen LogP contribution in [0.3, 0.4) is 0 Å². The molecule has 6 heteroatoms. The maximum Gasteiger partial charge on any atom is 0.228 e. The summed E-state index contributed by atoms with van der Waals surface area (Å²) in [6, 6.07) is 17.2. The predicted molar refractivity (Wildman–Crippen MR) is 114 cm³/mol. The van der Waals surface area contributed by atoms with E-state index in [0.717, 1.165) is 27.7 Å². The summed E-state index contributed by atoms with van der Waals surface area (Å²) in [6.45, 7) is 1.98. The molecule has 2 heterocycles. The number of pyridine rings is 1. The summed E-state index contributed by atoms with van der Waals surface area (Å²) in [4.78, 5) is 20.0. The Morgan fingerprint density at radius 3 is 2.79 bits per heavy atom. The summed E-state index contributed by atoms with van der Waals surface area (Å²) >= 11 is 5.99. The van der Waals surface area contributed by atoms with Gasteiger partial charge in [-0.25, -0.2) is 4.98 Å². The average molecular weight is 391 g/mol. The third-order valence-corrected chi connectivity index (χ3v) is 4.76. The van der Waals surface area contributed by atoms with Crippen LogP contribution in [0.25, 0.3) is 10.9 Å². The Morgan fingerprint density at radius 1 is 1.14 bits per heavy atom. The molecule has 5 nitrogen and oxygen atoms in total. The van der Waals surface area contributed by atoms with E-state index in [1.165, 1.54) is 0 Å². The van der Waals surface area contributed by atoms with Crippen LogP contribution >= 0.6 is 11.6 Å². The largest absolute Gasteiger partial charge is 0.361 e. The highest BCUT2D eigenvalue weighted by atomic mass is 35.5. The quantitative estimate of drug-likeness (QED) is 0.424. The first-order chi connectivity index (χ1) is 13.6. The second kappa shape index (κ2) is 7.74. The fourth-order valence-corrected chi connectivity index (χ4v) is 3.33. The minimum atomic E-state index is -0.0826. The number of aromatic nitrogens is 2. The predicted octanol–water partition coefficient (Wildman–Crippen LogP) is 5.45. The van der Waals surface area contributed by atoms with Crippen LogP contribution in [-0.2, 0) is 11.2 Å². The van der Waals surface area contributed by atoms with Crippen molar-refractivity contribution in [2.75, 3.05) is 10.6 Å². The van der Waals surface area contributed by atoms with Gasteiger partial charge in [0.25, 0.3) is 0 Å². The van der Waals surface area contributed by atoms with Gasteiger partial charge in [0, 0.05) is 27.8 Å². The first-order valence-corrected chi connectivity index (χ1v) is 9.30. The third kappa shape index (κ3) is 4.00. The van der Waals surface area contributed by atoms with Crippen molar-refractivity contribution in [2.24, 2.45) is 0 Å². The number of anilines is 3. The number of H-pyrrole nitrogens is 1. The van der Waals surface area contributed by atoms with Crippen molar-refractivity contribution in [2.45, 2.75) is 13.3 Å². The zero-order valence-corrected chi connectivity index (χ0v) is 16.0. The van der Waals surface area contributed by atoms with Gasteiger partial charge in [-0.05, 0) is 54.4 Å². The number of halogens is 1. The van der Waals surface area contributed by atoms with Gasteiger partial charge in [0.1, 0.15) is 5.82 Å². The number of aromatic amines is 1. The number of benzene rings is 2. The van der Waals surface area contributed by atoms with E-state index in [1.807, 2.05) is 67.7 Å². The Hall–Kier alpha value is -3.31. The highest BCUT2D eigenvalue weighted by Gasteiger charge is 2.09. The average Bonchev–Trinajstić information content (AvgIpc) is 3.08. The Kier molecular flexibility index (Phi) is 5.00. The lowest BCUT2D eigenvalue weighted by Crippen LogP contribution is -2.14. The minimum Gasteiger partial charge on any atom is -0.361 e. The maximum absolute atomic E-state index is 12.4. The number of nitrogens with one attached hydrogen (secondary N) is 3. The lowest BCUT2D eigenvalue weighted by atomic mass is 10.1. The Balaban J connectivity index is 1.40. The van der Waals surface area contributed by atoms with E-state index >= 15 is 0 Å². The number of aryl methyl sites for hydroxylation is 1. The zero-order chi connectivity index (χ0) is 19.5. The third-order valence-electron chi connectivity index (χ3n) is 4.52. The van der Waals surface area contributed by atoms with Gasteiger partial charge < -0.3 is 15.6 Å². The first-order valence-electron chi connectivity index (χ1n) is 8.92. The van der Waals surface area contributed by atoms with Crippen LogP contribution in [0, 0.1) is 6.92 Å². The van der Waals surface area contributed by atoms with E-state index in [0.29, 0.717) is 22.9 Å². The second-order valence-corrected chi connectivity index (χ2v) is 7.04. The van der Waals surface area contributed by atoms with E-state index in [2.05, 4.69) is 20.6 Å². The number of rotatable bonds is 5. The molecule has 0 bridgehead atoms. The minimum absolute atomic E-state index is 0.0826. The van der Waals surface area contributed by atoms with Gasteiger partial charge in [-0.1, -0.05) is 29.8 Å². The molecule has 0 atom stereocenters. The van der Waals surface area contributed by atoms with Crippen molar-refractivity contribution in [1.29, 1.82) is 0 Å². The van der Waals surface area contributed by atoms with Crippen molar-refractivity contribution >= 4 is 45.6 Å². The van der Waals surface area contributed by atoms with Crippen molar-refractivity contribution in [3.8, 4) is 0 Å². The van der Waals surface area contributed by atoms with E-state index < -0.39 is 0 Å². The Labute approximate surface area is 167 Å². The standard InChI is InChI=1S/C22H19ClN4O/c1-14-10-16(23)6-8-19(14)27-21-9-7-17(13-25-21)26-22(28)11-15-12-24-20-5-3-2-4-18(15)20/h2-10,12-13,24H,11H2,1H3,(H,25,27)(H,26,28). The number of nitrogens with zero attached hydrogens (tertiary/aromatic N) is 1. The molecule has 0 saturated heterocycles. The molecule has 4 rings (SSSR count). The lowest BCUT2D eigenvalue weighted by Gasteiger charge is -2.10. The number of hydrogen-bond acceptors (Lipinski definition) is 3. The molecule has 1 amide bonds. The molecule has 0 aliphatic carbocycles. The summed E-state index contributed by atoms with van der Waals surface area (Å²) in [6.07, 6.45) is 3.82. The molecule has 140 valence electrons. The van der Waals surface area contributed by atoms with Crippen molar-refractivity contribution in [1.82, 2.24) is 9.97 Å². The van der Waals surface area contributed by atoms with Crippen LogP contribution in [0.15, 0.2) is 67.0 Å². The fraction of sp³-hybridized carbons (Fsp3) is 0.0909. The Morgan fingerprint density at radius 2 is 2.00 bits per heavy atom. The molecule has 0 aliphatic rings. The van der Waals surface area contributed by atoms with Crippen molar-refractivity contribution < 1.29 is 4.79 Å². The summed E-state index contributed by atoms with van der Waals surface area (Å²) in [5.74, 6) is 0.612. The van der Waals surface area contributed by atoms with Gasteiger partial charge in [-0.15, -0.1) is 0 Å². The molecule has 0 unspecified atom stereocenters. The van der Waals surface area contributed by atoms with Crippen molar-refractivity contribution in [3.05, 3.63) is 83.1 Å². The molecule has 0 radical (unpaired) electrons. The van der Waals surface area contributed by atoms with Gasteiger partial charge >= 0.3 is 0 Å². The number of hydrogen-bond donors (Lipinski definition) is 3. The van der Waals surface area contributed by atoms with Gasteiger partial charge in [-0.3, -0.25) is 4.79 Å². The molecule has 28 heavy (non-hydrogen) atoms. The van der Waals surface area contributed by atoms with Gasteiger partial charge in [0.2, 0.25) is 5.91 Å². The zero-order valence-electron chi connectivity index (χ0n) is 15.3. The van der Waals surface area contributed by atoms with Gasteiger partial charge in [0.15, 0.2) is 0 Å². The lowest BCUT2D eigenvalue weighted by molar-refractivity contribution is -0.115. The molecule has 0 saturated carbocycles. The second-order valence-electron chi connectivity index (χ2n) is 6.60. The maximum atomic E-state index is 12.4. The van der Waals surface area contributed by atoms with E-state index in [4.69, 9.17) is 11.6 Å². The van der Waals surface area contributed by atoms with Crippen molar-refractivity contribution in [3.63, 3.8) is 0 Å². The molecule has 0 spiro atoms. The van der Waals surface area contributed by atoms with Gasteiger partial charge in [0.05, 0.1) is 18.3 Å². The number of amides is 1. The van der Waals surface area contributed by atoms with Crippen LogP contribution in [0.2, 0.25) is 5.02 Å².